The molecular formula is C24H24N2O3S. The van der Waals surface area contributed by atoms with Crippen LogP contribution in [0, 0.1) is 6.92 Å². The summed E-state index contributed by atoms with van der Waals surface area (Å²) in [4.78, 5) is 25.9. The highest BCUT2D eigenvalue weighted by Gasteiger charge is 2.15. The van der Waals surface area contributed by atoms with Gasteiger partial charge in [0.25, 0.3) is 5.91 Å². The van der Waals surface area contributed by atoms with Gasteiger partial charge in [-0.3, -0.25) is 9.59 Å². The number of benzene rings is 3. The molecule has 0 aliphatic carbocycles. The molecule has 0 aliphatic heterocycles. The van der Waals surface area contributed by atoms with Crippen LogP contribution >= 0.6 is 11.8 Å². The fraction of sp³-hybridized carbons (Fsp3) is 0.167. The number of carbonyl (C=O) groups excluding carboxylic acids is 2. The molecule has 0 radical (unpaired) electrons. The van der Waals surface area contributed by atoms with Crippen molar-refractivity contribution >= 4 is 35.0 Å². The molecule has 0 aromatic heterocycles. The first-order chi connectivity index (χ1) is 14.6. The van der Waals surface area contributed by atoms with Crippen molar-refractivity contribution in [2.75, 3.05) is 23.0 Å². The third kappa shape index (κ3) is 5.87. The molecule has 2 N–H and O–H groups in total. The van der Waals surface area contributed by atoms with Gasteiger partial charge < -0.3 is 15.4 Å². The van der Waals surface area contributed by atoms with Crippen molar-refractivity contribution in [3.05, 3.63) is 83.9 Å². The molecule has 0 bridgehead atoms. The number of nitrogens with one attached hydrogen (secondary N) is 2. The molecule has 3 aromatic carbocycles. The quantitative estimate of drug-likeness (QED) is 0.480. The van der Waals surface area contributed by atoms with Crippen LogP contribution in [0.3, 0.4) is 0 Å². The Bertz CT molecular complexity index is 1020. The molecule has 0 atom stereocenters. The molecule has 0 spiro atoms. The number of anilines is 2. The van der Waals surface area contributed by atoms with E-state index in [9.17, 15) is 9.59 Å². The fourth-order valence-corrected chi connectivity index (χ4v) is 3.65. The van der Waals surface area contributed by atoms with Crippen molar-refractivity contribution in [1.29, 1.82) is 0 Å². The molecule has 0 aliphatic rings. The first kappa shape index (κ1) is 21.5. The highest BCUT2D eigenvalue weighted by atomic mass is 32.2. The van der Waals surface area contributed by atoms with Crippen LogP contribution in [0.15, 0.2) is 77.7 Å². The summed E-state index contributed by atoms with van der Waals surface area (Å²) in [5.74, 6) is 0.453. The number of thioether (sulfide) groups is 1. The summed E-state index contributed by atoms with van der Waals surface area (Å²) in [6.07, 6.45) is 0. The molecule has 2 amide bonds. The predicted molar refractivity (Wildman–Crippen MR) is 123 cm³/mol. The molecule has 0 saturated carbocycles. The number of rotatable bonds is 8. The zero-order valence-corrected chi connectivity index (χ0v) is 17.8. The maximum Gasteiger partial charge on any atom is 0.256 e. The van der Waals surface area contributed by atoms with Gasteiger partial charge in [-0.1, -0.05) is 42.0 Å². The summed E-state index contributed by atoms with van der Waals surface area (Å²) in [6.45, 7) is 4.40. The van der Waals surface area contributed by atoms with Gasteiger partial charge in [0.1, 0.15) is 5.75 Å². The van der Waals surface area contributed by atoms with Crippen molar-refractivity contribution < 1.29 is 14.3 Å². The van der Waals surface area contributed by atoms with Crippen LogP contribution in [0.5, 0.6) is 5.75 Å². The number of hydrogen-bond acceptors (Lipinski definition) is 4. The first-order valence-corrected chi connectivity index (χ1v) is 10.7. The predicted octanol–water partition coefficient (Wildman–Crippen LogP) is 5.38. The third-order valence-electron chi connectivity index (χ3n) is 4.26. The average Bonchev–Trinajstić information content (AvgIpc) is 2.75. The maximum absolute atomic E-state index is 12.9. The van der Waals surface area contributed by atoms with Gasteiger partial charge in [-0.2, -0.15) is 0 Å². The van der Waals surface area contributed by atoms with Crippen molar-refractivity contribution in [3.63, 3.8) is 0 Å². The van der Waals surface area contributed by atoms with Crippen LogP contribution in [0.1, 0.15) is 22.8 Å². The minimum atomic E-state index is -0.246. The monoisotopic (exact) mass is 420 g/mol. The third-order valence-corrected chi connectivity index (χ3v) is 5.33. The van der Waals surface area contributed by atoms with E-state index in [0.717, 1.165) is 16.1 Å². The number of hydrogen-bond donors (Lipinski definition) is 2. The first-order valence-electron chi connectivity index (χ1n) is 9.68. The molecule has 6 heteroatoms. The van der Waals surface area contributed by atoms with Crippen LogP contribution in [-0.2, 0) is 4.79 Å². The molecule has 0 saturated heterocycles. The Morgan fingerprint density at radius 3 is 2.37 bits per heavy atom. The second-order valence-electron chi connectivity index (χ2n) is 6.58. The number of para-hydroxylation sites is 2. The molecule has 0 heterocycles. The van der Waals surface area contributed by atoms with Crippen molar-refractivity contribution in [2.24, 2.45) is 0 Å². The van der Waals surface area contributed by atoms with Crippen molar-refractivity contribution in [3.8, 4) is 5.75 Å². The number of amides is 2. The lowest BCUT2D eigenvalue weighted by molar-refractivity contribution is -0.113. The van der Waals surface area contributed by atoms with Crippen LogP contribution in [0.4, 0.5) is 11.4 Å². The molecule has 30 heavy (non-hydrogen) atoms. The van der Waals surface area contributed by atoms with Gasteiger partial charge in [0.15, 0.2) is 0 Å². The number of ether oxygens (including phenoxy) is 1. The van der Waals surface area contributed by atoms with Crippen LogP contribution in [0.25, 0.3) is 0 Å². The summed E-state index contributed by atoms with van der Waals surface area (Å²) < 4.78 is 5.57. The topological polar surface area (TPSA) is 67.4 Å². The Morgan fingerprint density at radius 2 is 1.60 bits per heavy atom. The second kappa shape index (κ2) is 10.5. The minimum Gasteiger partial charge on any atom is -0.492 e. The SMILES string of the molecule is CCOc1ccccc1NC(=O)c1ccccc1SCC(=O)Nc1ccc(C)cc1. The molecule has 154 valence electrons. The number of aryl methyl sites for hydroxylation is 1. The smallest absolute Gasteiger partial charge is 0.256 e. The highest BCUT2D eigenvalue weighted by molar-refractivity contribution is 8.00. The van der Waals surface area contributed by atoms with Crippen LogP contribution in [-0.4, -0.2) is 24.2 Å². The van der Waals surface area contributed by atoms with E-state index in [1.165, 1.54) is 11.8 Å². The molecule has 3 rings (SSSR count). The van der Waals surface area contributed by atoms with E-state index in [2.05, 4.69) is 10.6 Å². The van der Waals surface area contributed by atoms with Gasteiger partial charge in [0, 0.05) is 10.6 Å². The number of carbonyl (C=O) groups is 2. The Balaban J connectivity index is 1.66. The van der Waals surface area contributed by atoms with E-state index in [0.29, 0.717) is 23.6 Å². The normalized spacial score (nSPS) is 10.3. The Morgan fingerprint density at radius 1 is 0.900 bits per heavy atom. The largest absolute Gasteiger partial charge is 0.492 e. The van der Waals surface area contributed by atoms with E-state index < -0.39 is 0 Å². The Kier molecular flexibility index (Phi) is 7.51. The summed E-state index contributed by atoms with van der Waals surface area (Å²) in [5.41, 5.74) is 3.01. The minimum absolute atomic E-state index is 0.124. The van der Waals surface area contributed by atoms with Crippen molar-refractivity contribution in [2.45, 2.75) is 18.7 Å². The Hall–Kier alpha value is -3.25. The molecule has 0 unspecified atom stereocenters. The van der Waals surface area contributed by atoms with Crippen LogP contribution < -0.4 is 15.4 Å². The van der Waals surface area contributed by atoms with E-state index in [1.807, 2.05) is 68.4 Å². The zero-order chi connectivity index (χ0) is 21.3. The summed E-state index contributed by atoms with van der Waals surface area (Å²) >= 11 is 1.33. The van der Waals surface area contributed by atoms with Gasteiger partial charge in [-0.15, -0.1) is 11.8 Å². The zero-order valence-electron chi connectivity index (χ0n) is 17.0. The van der Waals surface area contributed by atoms with Gasteiger partial charge in [0.05, 0.1) is 23.6 Å². The van der Waals surface area contributed by atoms with Gasteiger partial charge in [-0.25, -0.2) is 0 Å². The lowest BCUT2D eigenvalue weighted by atomic mass is 10.2. The summed E-state index contributed by atoms with van der Waals surface area (Å²) in [5, 5.41) is 5.78. The Labute approximate surface area is 180 Å². The second-order valence-corrected chi connectivity index (χ2v) is 7.60. The average molecular weight is 421 g/mol. The van der Waals surface area contributed by atoms with Gasteiger partial charge >= 0.3 is 0 Å². The maximum atomic E-state index is 12.9. The molecular weight excluding hydrogens is 396 g/mol. The van der Waals surface area contributed by atoms with E-state index in [-0.39, 0.29) is 17.6 Å². The summed E-state index contributed by atoms with van der Waals surface area (Å²) in [7, 11) is 0. The lowest BCUT2D eigenvalue weighted by Gasteiger charge is -2.13. The summed E-state index contributed by atoms with van der Waals surface area (Å²) in [6, 6.07) is 22.2. The van der Waals surface area contributed by atoms with Crippen molar-refractivity contribution in [1.82, 2.24) is 0 Å². The lowest BCUT2D eigenvalue weighted by Crippen LogP contribution is -2.16. The fourth-order valence-electron chi connectivity index (χ4n) is 2.80. The van der Waals surface area contributed by atoms with Gasteiger partial charge in [-0.05, 0) is 50.2 Å². The molecule has 5 nitrogen and oxygen atoms in total. The molecule has 3 aromatic rings. The standard InChI is InChI=1S/C24H24N2O3S/c1-3-29-21-10-6-5-9-20(21)26-24(28)19-8-4-7-11-22(19)30-16-23(27)25-18-14-12-17(2)13-15-18/h4-15H,3,16H2,1-2H3,(H,25,27)(H,26,28). The molecule has 0 fully saturated rings. The van der Waals surface area contributed by atoms with E-state index in [1.54, 1.807) is 18.2 Å². The highest BCUT2D eigenvalue weighted by Crippen LogP contribution is 2.27. The van der Waals surface area contributed by atoms with Crippen LogP contribution in [0.2, 0.25) is 0 Å². The van der Waals surface area contributed by atoms with Gasteiger partial charge in [0.2, 0.25) is 5.91 Å². The van der Waals surface area contributed by atoms with E-state index in [4.69, 9.17) is 4.74 Å². The van der Waals surface area contributed by atoms with E-state index >= 15 is 0 Å².